The molecule has 1 fully saturated rings. The molecule has 1 saturated heterocycles. The summed E-state index contributed by atoms with van der Waals surface area (Å²) in [7, 11) is 2.11. The summed E-state index contributed by atoms with van der Waals surface area (Å²) in [6.45, 7) is 2.10. The van der Waals surface area contributed by atoms with Crippen molar-refractivity contribution in [2.24, 2.45) is 5.92 Å². The molecule has 1 atom stereocenters. The molecule has 0 saturated carbocycles. The number of rotatable bonds is 3. The highest BCUT2D eigenvalue weighted by Gasteiger charge is 2.24. The molecule has 1 heterocycles. The number of nitrogens with zero attached hydrogens (tertiary/aromatic N) is 1. The number of hydrogen-bond acceptors (Lipinski definition) is 3. The van der Waals surface area contributed by atoms with Crippen LogP contribution < -0.4 is 0 Å². The zero-order chi connectivity index (χ0) is 12.3. The minimum absolute atomic E-state index is 0.341. The molecule has 3 nitrogen and oxygen atoms in total. The normalized spacial score (nSPS) is 20.1. The Kier molecular flexibility index (Phi) is 3.92. The molecular weight excluding hydrogens is 214 g/mol. The monoisotopic (exact) mass is 233 g/mol. The average Bonchev–Trinajstić information content (AvgIpc) is 2.39. The molecule has 92 valence electrons. The predicted octanol–water partition coefficient (Wildman–Crippen LogP) is 1.87. The van der Waals surface area contributed by atoms with Crippen LogP contribution in [-0.4, -0.2) is 36.4 Å². The van der Waals surface area contributed by atoms with Gasteiger partial charge in [-0.2, -0.15) is 0 Å². The fourth-order valence-corrected chi connectivity index (χ4v) is 2.39. The Morgan fingerprint density at radius 2 is 1.88 bits per heavy atom. The molecular formula is C14H19NO2. The van der Waals surface area contributed by atoms with Crippen LogP contribution in [0.15, 0.2) is 24.3 Å². The maximum Gasteiger partial charge on any atom is 0.150 e. The number of benzene rings is 1. The number of aldehydes is 1. The van der Waals surface area contributed by atoms with Gasteiger partial charge in [0.1, 0.15) is 6.29 Å². The van der Waals surface area contributed by atoms with Gasteiger partial charge in [-0.1, -0.05) is 24.3 Å². The molecule has 2 rings (SSSR count). The summed E-state index contributed by atoms with van der Waals surface area (Å²) in [5.41, 5.74) is 1.58. The van der Waals surface area contributed by atoms with Crippen molar-refractivity contribution in [2.75, 3.05) is 20.1 Å². The first-order valence-electron chi connectivity index (χ1n) is 6.12. The van der Waals surface area contributed by atoms with Crippen LogP contribution in [0, 0.1) is 5.92 Å². The van der Waals surface area contributed by atoms with Gasteiger partial charge in [0, 0.05) is 5.56 Å². The predicted molar refractivity (Wildman–Crippen MR) is 67.0 cm³/mol. The van der Waals surface area contributed by atoms with Gasteiger partial charge in [0.25, 0.3) is 0 Å². The van der Waals surface area contributed by atoms with E-state index in [9.17, 15) is 9.90 Å². The molecule has 1 aliphatic heterocycles. The highest BCUT2D eigenvalue weighted by atomic mass is 16.3. The highest BCUT2D eigenvalue weighted by Crippen LogP contribution is 2.30. The molecule has 0 aromatic heterocycles. The summed E-state index contributed by atoms with van der Waals surface area (Å²) in [5.74, 6) is 0.341. The van der Waals surface area contributed by atoms with E-state index in [0.29, 0.717) is 11.5 Å². The third kappa shape index (κ3) is 2.93. The van der Waals surface area contributed by atoms with Crippen molar-refractivity contribution in [3.05, 3.63) is 35.4 Å². The van der Waals surface area contributed by atoms with E-state index in [4.69, 9.17) is 0 Å². The van der Waals surface area contributed by atoms with E-state index in [2.05, 4.69) is 11.9 Å². The largest absolute Gasteiger partial charge is 0.388 e. The Labute approximate surface area is 102 Å². The standard InChI is InChI=1S/C14H19NO2/c1-15-8-6-13(7-9-15)14(17)12-4-2-11(10-16)3-5-12/h2-5,10,13-14,17H,6-9H2,1H3. The number of piperidine rings is 1. The number of carbonyl (C=O) groups is 1. The third-order valence-corrected chi connectivity index (χ3v) is 3.62. The quantitative estimate of drug-likeness (QED) is 0.810. The fraction of sp³-hybridized carbons (Fsp3) is 0.500. The minimum Gasteiger partial charge on any atom is -0.388 e. The van der Waals surface area contributed by atoms with E-state index in [1.54, 1.807) is 12.1 Å². The lowest BCUT2D eigenvalue weighted by atomic mass is 9.87. The molecule has 1 aliphatic rings. The first kappa shape index (κ1) is 12.3. The van der Waals surface area contributed by atoms with Crippen LogP contribution >= 0.6 is 0 Å². The molecule has 17 heavy (non-hydrogen) atoms. The second-order valence-electron chi connectivity index (χ2n) is 4.87. The lowest BCUT2D eigenvalue weighted by molar-refractivity contribution is 0.0657. The molecule has 0 aliphatic carbocycles. The van der Waals surface area contributed by atoms with Crippen LogP contribution in [0.4, 0.5) is 0 Å². The number of hydrogen-bond donors (Lipinski definition) is 1. The smallest absolute Gasteiger partial charge is 0.150 e. The van der Waals surface area contributed by atoms with Gasteiger partial charge in [-0.05, 0) is 44.5 Å². The molecule has 0 spiro atoms. The second kappa shape index (κ2) is 5.43. The van der Waals surface area contributed by atoms with Crippen molar-refractivity contribution >= 4 is 6.29 Å². The summed E-state index contributed by atoms with van der Waals surface area (Å²) >= 11 is 0. The molecule has 0 radical (unpaired) electrons. The number of aliphatic hydroxyl groups excluding tert-OH is 1. The van der Waals surface area contributed by atoms with Crippen molar-refractivity contribution in [2.45, 2.75) is 18.9 Å². The number of carbonyl (C=O) groups excluding carboxylic acids is 1. The van der Waals surface area contributed by atoms with Crippen molar-refractivity contribution in [1.82, 2.24) is 4.90 Å². The van der Waals surface area contributed by atoms with E-state index >= 15 is 0 Å². The summed E-state index contributed by atoms with van der Waals surface area (Å²) in [6.07, 6.45) is 2.50. The van der Waals surface area contributed by atoms with Gasteiger partial charge >= 0.3 is 0 Å². The second-order valence-corrected chi connectivity index (χ2v) is 4.87. The van der Waals surface area contributed by atoms with Crippen LogP contribution in [0.25, 0.3) is 0 Å². The summed E-state index contributed by atoms with van der Waals surface area (Å²) in [6, 6.07) is 7.24. The number of likely N-dealkylation sites (tertiary alicyclic amines) is 1. The maximum absolute atomic E-state index is 10.6. The number of aliphatic hydroxyl groups is 1. The summed E-state index contributed by atoms with van der Waals surface area (Å²) in [4.78, 5) is 12.8. The van der Waals surface area contributed by atoms with Gasteiger partial charge in [0.15, 0.2) is 0 Å². The first-order valence-corrected chi connectivity index (χ1v) is 6.12. The van der Waals surface area contributed by atoms with Gasteiger partial charge in [0.2, 0.25) is 0 Å². The van der Waals surface area contributed by atoms with Crippen molar-refractivity contribution < 1.29 is 9.90 Å². The SMILES string of the molecule is CN1CCC(C(O)c2ccc(C=O)cc2)CC1. The van der Waals surface area contributed by atoms with Crippen molar-refractivity contribution in [3.63, 3.8) is 0 Å². The first-order chi connectivity index (χ1) is 8.20. The topological polar surface area (TPSA) is 40.5 Å². The highest BCUT2D eigenvalue weighted by molar-refractivity contribution is 5.74. The van der Waals surface area contributed by atoms with E-state index in [1.807, 2.05) is 12.1 Å². The lowest BCUT2D eigenvalue weighted by Gasteiger charge is -2.32. The molecule has 1 N–H and O–H groups in total. The van der Waals surface area contributed by atoms with Crippen molar-refractivity contribution in [1.29, 1.82) is 0 Å². The van der Waals surface area contributed by atoms with Gasteiger partial charge in [-0.3, -0.25) is 4.79 Å². The molecule has 3 heteroatoms. The zero-order valence-corrected chi connectivity index (χ0v) is 10.2. The van der Waals surface area contributed by atoms with Gasteiger partial charge in [-0.15, -0.1) is 0 Å². The van der Waals surface area contributed by atoms with E-state index in [0.717, 1.165) is 37.8 Å². The van der Waals surface area contributed by atoms with Crippen LogP contribution in [0.2, 0.25) is 0 Å². The van der Waals surface area contributed by atoms with Crippen LogP contribution in [0.3, 0.4) is 0 Å². The maximum atomic E-state index is 10.6. The Balaban J connectivity index is 2.03. The average molecular weight is 233 g/mol. The molecule has 0 bridgehead atoms. The fourth-order valence-electron chi connectivity index (χ4n) is 2.39. The van der Waals surface area contributed by atoms with Gasteiger partial charge in [-0.25, -0.2) is 0 Å². The molecule has 1 unspecified atom stereocenters. The van der Waals surface area contributed by atoms with E-state index in [-0.39, 0.29) is 0 Å². The van der Waals surface area contributed by atoms with E-state index in [1.165, 1.54) is 0 Å². The van der Waals surface area contributed by atoms with Crippen LogP contribution in [0.5, 0.6) is 0 Å². The Morgan fingerprint density at radius 1 is 1.29 bits per heavy atom. The van der Waals surface area contributed by atoms with Gasteiger partial charge < -0.3 is 10.0 Å². The van der Waals surface area contributed by atoms with Crippen LogP contribution in [-0.2, 0) is 0 Å². The lowest BCUT2D eigenvalue weighted by Crippen LogP contribution is -2.32. The van der Waals surface area contributed by atoms with Crippen LogP contribution in [0.1, 0.15) is 34.9 Å². The third-order valence-electron chi connectivity index (χ3n) is 3.62. The molecule has 1 aromatic carbocycles. The Morgan fingerprint density at radius 3 is 2.41 bits per heavy atom. The molecule has 0 amide bonds. The Bertz CT molecular complexity index is 366. The minimum atomic E-state index is -0.399. The summed E-state index contributed by atoms with van der Waals surface area (Å²) in [5, 5.41) is 10.3. The zero-order valence-electron chi connectivity index (χ0n) is 10.2. The van der Waals surface area contributed by atoms with E-state index < -0.39 is 6.10 Å². The summed E-state index contributed by atoms with van der Waals surface area (Å²) < 4.78 is 0. The van der Waals surface area contributed by atoms with Crippen molar-refractivity contribution in [3.8, 4) is 0 Å². The van der Waals surface area contributed by atoms with Gasteiger partial charge in [0.05, 0.1) is 6.10 Å². The Hall–Kier alpha value is -1.19. The molecule has 1 aromatic rings.